The number of nitriles is 1. The molecule has 7 heteroatoms. The molecule has 0 fully saturated rings. The average Bonchev–Trinajstić information content (AvgIpc) is 2.92. The fourth-order valence-corrected chi connectivity index (χ4v) is 2.61. The Morgan fingerprint density at radius 2 is 2.20 bits per heavy atom. The van der Waals surface area contributed by atoms with Gasteiger partial charge in [-0.15, -0.1) is 11.3 Å². The molecule has 5 nitrogen and oxygen atoms in total. The molecule has 0 spiro atoms. The van der Waals surface area contributed by atoms with E-state index in [-0.39, 0.29) is 22.0 Å². The van der Waals surface area contributed by atoms with Crippen LogP contribution in [0.25, 0.3) is 11.3 Å². The summed E-state index contributed by atoms with van der Waals surface area (Å²) in [6.45, 7) is 0. The van der Waals surface area contributed by atoms with Gasteiger partial charge in [-0.25, -0.2) is 0 Å². The van der Waals surface area contributed by atoms with Crippen molar-refractivity contribution in [2.75, 3.05) is 0 Å². The molecule has 20 heavy (non-hydrogen) atoms. The number of rotatable bonds is 3. The van der Waals surface area contributed by atoms with Crippen molar-refractivity contribution in [1.29, 1.82) is 5.26 Å². The first-order valence-electron chi connectivity index (χ1n) is 5.42. The van der Waals surface area contributed by atoms with Crippen molar-refractivity contribution in [3.8, 4) is 6.07 Å². The molecule has 0 saturated heterocycles. The van der Waals surface area contributed by atoms with Gasteiger partial charge in [-0.2, -0.15) is 5.26 Å². The smallest absolute Gasteiger partial charge is 0.271 e. The molecule has 1 aromatic heterocycles. The minimum absolute atomic E-state index is 0.167. The third kappa shape index (κ3) is 2.79. The summed E-state index contributed by atoms with van der Waals surface area (Å²) in [6, 6.07) is 9.60. The van der Waals surface area contributed by atoms with Gasteiger partial charge in [-0.1, -0.05) is 17.7 Å². The Kier molecular flexibility index (Phi) is 4.03. The number of benzene rings is 1. The number of thiophene rings is 1. The number of nitro benzene ring substituents is 1. The molecule has 0 saturated carbocycles. The summed E-state index contributed by atoms with van der Waals surface area (Å²) in [5.74, 6) is 0. The topological polar surface area (TPSA) is 93.0 Å². The number of nitrogens with two attached hydrogens (primary N) is 1. The highest BCUT2D eigenvalue weighted by Crippen LogP contribution is 2.29. The van der Waals surface area contributed by atoms with Gasteiger partial charge in [0.1, 0.15) is 6.07 Å². The second-order valence-electron chi connectivity index (χ2n) is 3.83. The quantitative estimate of drug-likeness (QED) is 0.532. The summed E-state index contributed by atoms with van der Waals surface area (Å²) < 4.78 is 0. The van der Waals surface area contributed by atoms with Crippen LogP contribution in [0.2, 0.25) is 5.02 Å². The van der Waals surface area contributed by atoms with E-state index in [1.54, 1.807) is 12.1 Å². The lowest BCUT2D eigenvalue weighted by molar-refractivity contribution is -0.384. The zero-order valence-corrected chi connectivity index (χ0v) is 11.6. The summed E-state index contributed by atoms with van der Waals surface area (Å²) in [4.78, 5) is 11.0. The van der Waals surface area contributed by atoms with Crippen LogP contribution in [0.4, 0.5) is 5.69 Å². The molecular weight excluding hydrogens is 298 g/mol. The molecule has 0 bridgehead atoms. The molecule has 0 aliphatic carbocycles. The number of halogens is 1. The Balaban J connectivity index is 2.60. The zero-order chi connectivity index (χ0) is 14.7. The van der Waals surface area contributed by atoms with E-state index in [1.165, 1.54) is 29.5 Å². The third-order valence-corrected chi connectivity index (χ3v) is 3.66. The lowest BCUT2D eigenvalue weighted by atomic mass is 10.1. The summed E-state index contributed by atoms with van der Waals surface area (Å²) in [7, 11) is 0. The maximum absolute atomic E-state index is 10.8. The third-order valence-electron chi connectivity index (χ3n) is 2.55. The van der Waals surface area contributed by atoms with Gasteiger partial charge in [-0.05, 0) is 17.5 Å². The van der Waals surface area contributed by atoms with Gasteiger partial charge in [0, 0.05) is 27.6 Å². The van der Waals surface area contributed by atoms with E-state index in [9.17, 15) is 15.4 Å². The van der Waals surface area contributed by atoms with Crippen LogP contribution in [0, 0.1) is 21.4 Å². The Morgan fingerprint density at radius 1 is 1.45 bits per heavy atom. The summed E-state index contributed by atoms with van der Waals surface area (Å²) >= 11 is 7.21. The lowest BCUT2D eigenvalue weighted by Gasteiger charge is -2.05. The molecule has 0 radical (unpaired) electrons. The van der Waals surface area contributed by atoms with Crippen LogP contribution in [0.5, 0.6) is 0 Å². The van der Waals surface area contributed by atoms with Crippen LogP contribution < -0.4 is 5.73 Å². The molecule has 0 amide bonds. The maximum atomic E-state index is 10.8. The Hall–Kier alpha value is -2.36. The monoisotopic (exact) mass is 305 g/mol. The standard InChI is InChI=1S/C13H8ClN3O2S/c14-9-4-8(5-10(6-9)17(18)19)13(16)11(7-15)12-2-1-3-20-12/h1-6H,16H2/b13-11-. The van der Waals surface area contributed by atoms with E-state index in [4.69, 9.17) is 17.3 Å². The molecule has 0 atom stereocenters. The minimum Gasteiger partial charge on any atom is -0.397 e. The number of hydrogen-bond acceptors (Lipinski definition) is 5. The maximum Gasteiger partial charge on any atom is 0.271 e. The van der Waals surface area contributed by atoms with Crippen LogP contribution in [0.3, 0.4) is 0 Å². The van der Waals surface area contributed by atoms with Crippen molar-refractivity contribution < 1.29 is 4.92 Å². The first kappa shape index (κ1) is 14.1. The molecule has 1 heterocycles. The number of hydrogen-bond donors (Lipinski definition) is 1. The molecule has 2 rings (SSSR count). The van der Waals surface area contributed by atoms with E-state index in [2.05, 4.69) is 0 Å². The van der Waals surface area contributed by atoms with Gasteiger partial charge in [0.25, 0.3) is 5.69 Å². The van der Waals surface area contributed by atoms with E-state index >= 15 is 0 Å². The summed E-state index contributed by atoms with van der Waals surface area (Å²) in [6.07, 6.45) is 0. The molecule has 0 unspecified atom stereocenters. The molecule has 0 aliphatic rings. The molecule has 1 aromatic carbocycles. The fourth-order valence-electron chi connectivity index (χ4n) is 1.65. The number of non-ortho nitro benzene ring substituents is 1. The molecule has 100 valence electrons. The van der Waals surface area contributed by atoms with Crippen LogP contribution in [0.15, 0.2) is 35.7 Å². The summed E-state index contributed by atoms with van der Waals surface area (Å²) in [5, 5.41) is 22.1. The zero-order valence-electron chi connectivity index (χ0n) is 10.0. The van der Waals surface area contributed by atoms with Gasteiger partial charge >= 0.3 is 0 Å². The highest BCUT2D eigenvalue weighted by atomic mass is 35.5. The van der Waals surface area contributed by atoms with Crippen molar-refractivity contribution in [2.24, 2.45) is 5.73 Å². The largest absolute Gasteiger partial charge is 0.397 e. The fraction of sp³-hybridized carbons (Fsp3) is 0. The van der Waals surface area contributed by atoms with Gasteiger partial charge in [0.2, 0.25) is 0 Å². The molecule has 0 aliphatic heterocycles. The molecule has 2 N–H and O–H groups in total. The van der Waals surface area contributed by atoms with Crippen molar-refractivity contribution in [2.45, 2.75) is 0 Å². The highest BCUT2D eigenvalue weighted by molar-refractivity contribution is 7.11. The normalized spacial score (nSPS) is 11.6. The van der Waals surface area contributed by atoms with E-state index in [0.717, 1.165) is 0 Å². The van der Waals surface area contributed by atoms with Crippen LogP contribution >= 0.6 is 22.9 Å². The first-order valence-corrected chi connectivity index (χ1v) is 6.67. The van der Waals surface area contributed by atoms with Crippen molar-refractivity contribution in [1.82, 2.24) is 0 Å². The SMILES string of the molecule is N#C/C(=C(/N)c1cc(Cl)cc([N+](=O)[O-])c1)c1cccs1. The number of allylic oxidation sites excluding steroid dienone is 1. The van der Waals surface area contributed by atoms with Crippen LogP contribution in [-0.2, 0) is 0 Å². The lowest BCUT2D eigenvalue weighted by Crippen LogP contribution is -2.01. The second-order valence-corrected chi connectivity index (χ2v) is 5.22. The van der Waals surface area contributed by atoms with Gasteiger partial charge in [0.15, 0.2) is 0 Å². The molecule has 2 aromatic rings. The number of nitro groups is 1. The van der Waals surface area contributed by atoms with Gasteiger partial charge < -0.3 is 5.73 Å². The van der Waals surface area contributed by atoms with E-state index in [1.807, 2.05) is 11.4 Å². The Morgan fingerprint density at radius 3 is 2.75 bits per heavy atom. The summed E-state index contributed by atoms with van der Waals surface area (Å²) in [5.41, 5.74) is 6.59. The van der Waals surface area contributed by atoms with E-state index < -0.39 is 4.92 Å². The van der Waals surface area contributed by atoms with Crippen molar-refractivity contribution in [3.05, 3.63) is 61.3 Å². The van der Waals surface area contributed by atoms with Gasteiger partial charge in [0.05, 0.1) is 16.2 Å². The average molecular weight is 306 g/mol. The number of nitrogens with zero attached hydrogens (tertiary/aromatic N) is 2. The van der Waals surface area contributed by atoms with E-state index in [0.29, 0.717) is 10.4 Å². The predicted molar refractivity (Wildman–Crippen MR) is 79.0 cm³/mol. The second kappa shape index (κ2) is 5.74. The van der Waals surface area contributed by atoms with Crippen molar-refractivity contribution >= 4 is 39.9 Å². The van der Waals surface area contributed by atoms with Gasteiger partial charge in [-0.3, -0.25) is 10.1 Å². The Labute approximate surface area is 123 Å². The molecular formula is C13H8ClN3O2S. The van der Waals surface area contributed by atoms with Crippen molar-refractivity contribution in [3.63, 3.8) is 0 Å². The predicted octanol–water partition coefficient (Wildman–Crippen LogP) is 3.66. The highest BCUT2D eigenvalue weighted by Gasteiger charge is 2.14. The minimum atomic E-state index is -0.556. The Bertz CT molecular complexity index is 733. The van der Waals surface area contributed by atoms with Crippen LogP contribution in [0.1, 0.15) is 10.4 Å². The van der Waals surface area contributed by atoms with Crippen LogP contribution in [-0.4, -0.2) is 4.92 Å². The first-order chi connectivity index (χ1) is 9.52.